The first kappa shape index (κ1) is 17.8. The van der Waals surface area contributed by atoms with Crippen molar-refractivity contribution in [3.05, 3.63) is 16.1 Å². The third kappa shape index (κ3) is 4.59. The zero-order valence-electron chi connectivity index (χ0n) is 10.0. The molecule has 12 heteroatoms. The molecule has 0 atom stereocenters. The SMILES string of the molecule is FC(F)(F)c1nc(Br)c2n1CCNC2.O=C(O)C(F)(F)F. The van der Waals surface area contributed by atoms with Gasteiger partial charge < -0.3 is 15.0 Å². The summed E-state index contributed by atoms with van der Waals surface area (Å²) in [6.07, 6.45) is -9.46. The van der Waals surface area contributed by atoms with Gasteiger partial charge in [0.2, 0.25) is 5.82 Å². The van der Waals surface area contributed by atoms with Crippen LogP contribution in [0.25, 0.3) is 0 Å². The Bertz CT molecular complexity index is 525. The van der Waals surface area contributed by atoms with Crippen molar-refractivity contribution in [1.29, 1.82) is 0 Å². The Hall–Kier alpha value is -1.30. The zero-order chi connectivity index (χ0) is 16.4. The first-order valence-corrected chi connectivity index (χ1v) is 6.06. The molecule has 0 saturated carbocycles. The van der Waals surface area contributed by atoms with E-state index < -0.39 is 24.1 Å². The lowest BCUT2D eigenvalue weighted by molar-refractivity contribution is -0.192. The number of hydrogen-bond donors (Lipinski definition) is 2. The van der Waals surface area contributed by atoms with E-state index >= 15 is 0 Å². The van der Waals surface area contributed by atoms with E-state index in [0.717, 1.165) is 0 Å². The minimum Gasteiger partial charge on any atom is -0.475 e. The van der Waals surface area contributed by atoms with Crippen LogP contribution in [0.3, 0.4) is 0 Å². The maximum atomic E-state index is 12.5. The Morgan fingerprint density at radius 1 is 1.29 bits per heavy atom. The van der Waals surface area contributed by atoms with E-state index in [9.17, 15) is 26.3 Å². The van der Waals surface area contributed by atoms with E-state index in [4.69, 9.17) is 9.90 Å². The van der Waals surface area contributed by atoms with Gasteiger partial charge in [0.1, 0.15) is 4.60 Å². The maximum absolute atomic E-state index is 12.5. The smallest absolute Gasteiger partial charge is 0.475 e. The van der Waals surface area contributed by atoms with Gasteiger partial charge in [-0.2, -0.15) is 26.3 Å². The van der Waals surface area contributed by atoms with Crippen LogP contribution < -0.4 is 5.32 Å². The molecular formula is C9H8BrF6N3O2. The molecule has 2 rings (SSSR count). The van der Waals surface area contributed by atoms with Crippen LogP contribution in [-0.2, 0) is 24.1 Å². The molecule has 1 aliphatic rings. The van der Waals surface area contributed by atoms with Gasteiger partial charge in [-0.05, 0) is 15.9 Å². The second kappa shape index (κ2) is 6.22. The van der Waals surface area contributed by atoms with Crippen molar-refractivity contribution in [3.8, 4) is 0 Å². The molecular weight excluding hydrogens is 376 g/mol. The molecule has 5 nitrogen and oxygen atoms in total. The van der Waals surface area contributed by atoms with Crippen LogP contribution in [0.2, 0.25) is 0 Å². The summed E-state index contributed by atoms with van der Waals surface area (Å²) >= 11 is 3.02. The lowest BCUT2D eigenvalue weighted by Crippen LogP contribution is -2.30. The fourth-order valence-electron chi connectivity index (χ4n) is 1.48. The first-order chi connectivity index (χ1) is 9.44. The molecule has 0 spiro atoms. The molecule has 0 radical (unpaired) electrons. The highest BCUT2D eigenvalue weighted by molar-refractivity contribution is 9.10. The molecule has 0 aliphatic carbocycles. The molecule has 0 bridgehead atoms. The molecule has 2 heterocycles. The number of rotatable bonds is 0. The van der Waals surface area contributed by atoms with Gasteiger partial charge in [-0.25, -0.2) is 9.78 Å². The Kier molecular flexibility index (Phi) is 5.25. The maximum Gasteiger partial charge on any atom is 0.490 e. The molecule has 0 fully saturated rings. The van der Waals surface area contributed by atoms with Crippen LogP contribution in [0.15, 0.2) is 4.60 Å². The normalized spacial score (nSPS) is 15.0. The van der Waals surface area contributed by atoms with Crippen molar-refractivity contribution in [2.45, 2.75) is 25.4 Å². The van der Waals surface area contributed by atoms with Gasteiger partial charge in [0.05, 0.1) is 5.69 Å². The molecule has 1 aromatic heterocycles. The third-order valence-corrected chi connectivity index (χ3v) is 2.96. The first-order valence-electron chi connectivity index (χ1n) is 5.27. The highest BCUT2D eigenvalue weighted by atomic mass is 79.9. The molecule has 21 heavy (non-hydrogen) atoms. The summed E-state index contributed by atoms with van der Waals surface area (Å²) < 4.78 is 70.6. The number of nitrogens with one attached hydrogen (secondary N) is 1. The second-order valence-electron chi connectivity index (χ2n) is 3.80. The third-order valence-electron chi connectivity index (χ3n) is 2.32. The number of imidazole rings is 1. The van der Waals surface area contributed by atoms with Crippen molar-refractivity contribution in [1.82, 2.24) is 14.9 Å². The van der Waals surface area contributed by atoms with E-state index in [-0.39, 0.29) is 4.60 Å². The standard InChI is InChI=1S/C7H7BrF3N3.C2HF3O2/c8-5-4-3-12-1-2-14(4)6(13-5)7(9,10)11;3-2(4,5)1(6)7/h12H,1-3H2;(H,6,7). The number of carbonyl (C=O) groups is 1. The van der Waals surface area contributed by atoms with Crippen molar-refractivity contribution in [2.75, 3.05) is 6.54 Å². The van der Waals surface area contributed by atoms with Crippen LogP contribution in [0.5, 0.6) is 0 Å². The highest BCUT2D eigenvalue weighted by Gasteiger charge is 2.39. The van der Waals surface area contributed by atoms with Crippen LogP contribution in [0.1, 0.15) is 11.5 Å². The fourth-order valence-corrected chi connectivity index (χ4v) is 2.00. The topological polar surface area (TPSA) is 67.2 Å². The predicted octanol–water partition coefficient (Wildman–Crippen LogP) is 2.40. The number of nitrogens with zero attached hydrogens (tertiary/aromatic N) is 2. The largest absolute Gasteiger partial charge is 0.490 e. The molecule has 120 valence electrons. The molecule has 0 amide bonds. The Morgan fingerprint density at radius 3 is 2.24 bits per heavy atom. The summed E-state index contributed by atoms with van der Waals surface area (Å²) in [5.74, 6) is -3.58. The second-order valence-corrected chi connectivity index (χ2v) is 4.55. The van der Waals surface area contributed by atoms with Crippen molar-refractivity contribution in [2.24, 2.45) is 0 Å². The highest BCUT2D eigenvalue weighted by Crippen LogP contribution is 2.32. The van der Waals surface area contributed by atoms with E-state index in [0.29, 0.717) is 25.3 Å². The number of carboxylic acid groups (broad SMARTS) is 1. The van der Waals surface area contributed by atoms with Gasteiger partial charge in [-0.1, -0.05) is 0 Å². The number of fused-ring (bicyclic) bond motifs is 1. The average molecular weight is 384 g/mol. The van der Waals surface area contributed by atoms with Gasteiger partial charge in [0, 0.05) is 19.6 Å². The summed E-state index contributed by atoms with van der Waals surface area (Å²) in [6.45, 7) is 1.27. The predicted molar refractivity (Wildman–Crippen MR) is 60.3 cm³/mol. The van der Waals surface area contributed by atoms with E-state index in [1.54, 1.807) is 0 Å². The number of carboxylic acids is 1. The number of alkyl halides is 6. The average Bonchev–Trinajstić information content (AvgIpc) is 2.67. The van der Waals surface area contributed by atoms with Crippen LogP contribution in [0.4, 0.5) is 26.3 Å². The summed E-state index contributed by atoms with van der Waals surface area (Å²) in [4.78, 5) is 12.4. The Balaban J connectivity index is 0.000000270. The lowest BCUT2D eigenvalue weighted by Gasteiger charge is -2.18. The van der Waals surface area contributed by atoms with Gasteiger partial charge in [0.15, 0.2) is 0 Å². The lowest BCUT2D eigenvalue weighted by atomic mass is 10.3. The van der Waals surface area contributed by atoms with Crippen molar-refractivity contribution in [3.63, 3.8) is 0 Å². The summed E-state index contributed by atoms with van der Waals surface area (Å²) in [5, 5.41) is 10.1. The van der Waals surface area contributed by atoms with Gasteiger partial charge in [-0.15, -0.1) is 0 Å². The fraction of sp³-hybridized carbons (Fsp3) is 0.556. The molecule has 2 N–H and O–H groups in total. The number of aromatic nitrogens is 2. The van der Waals surface area contributed by atoms with Crippen molar-refractivity contribution >= 4 is 21.9 Å². The molecule has 0 unspecified atom stereocenters. The van der Waals surface area contributed by atoms with Crippen LogP contribution >= 0.6 is 15.9 Å². The Labute approximate surface area is 122 Å². The minimum absolute atomic E-state index is 0.275. The van der Waals surface area contributed by atoms with Gasteiger partial charge >= 0.3 is 18.3 Å². The van der Waals surface area contributed by atoms with Crippen LogP contribution in [0, 0.1) is 0 Å². The molecule has 0 aromatic carbocycles. The molecule has 1 aliphatic heterocycles. The van der Waals surface area contributed by atoms with E-state index in [1.165, 1.54) is 4.57 Å². The number of halogens is 7. The van der Waals surface area contributed by atoms with Crippen LogP contribution in [-0.4, -0.2) is 33.3 Å². The monoisotopic (exact) mass is 383 g/mol. The zero-order valence-corrected chi connectivity index (χ0v) is 11.6. The molecule has 1 aromatic rings. The van der Waals surface area contributed by atoms with Gasteiger partial charge in [0.25, 0.3) is 0 Å². The number of aliphatic carboxylic acids is 1. The quantitative estimate of drug-likeness (QED) is 0.675. The van der Waals surface area contributed by atoms with Gasteiger partial charge in [-0.3, -0.25) is 0 Å². The summed E-state index contributed by atoms with van der Waals surface area (Å²) in [5.41, 5.74) is 0.559. The summed E-state index contributed by atoms with van der Waals surface area (Å²) in [7, 11) is 0. The van der Waals surface area contributed by atoms with Crippen molar-refractivity contribution < 1.29 is 36.2 Å². The molecule has 0 saturated heterocycles. The van der Waals surface area contributed by atoms with E-state index in [1.807, 2.05) is 0 Å². The minimum atomic E-state index is -5.08. The van der Waals surface area contributed by atoms with E-state index in [2.05, 4.69) is 26.2 Å². The Morgan fingerprint density at radius 2 is 1.81 bits per heavy atom. The summed E-state index contributed by atoms with van der Waals surface area (Å²) in [6, 6.07) is 0. The number of hydrogen-bond acceptors (Lipinski definition) is 3.